The summed E-state index contributed by atoms with van der Waals surface area (Å²) in [6.45, 7) is 6.56. The average Bonchev–Trinajstić information content (AvgIpc) is 2.55. The molecule has 0 saturated heterocycles. The molecule has 80 valence electrons. The summed E-state index contributed by atoms with van der Waals surface area (Å²) in [5.74, 6) is 0. The van der Waals surface area contributed by atoms with Crippen molar-refractivity contribution in [2.75, 3.05) is 0 Å². The van der Waals surface area contributed by atoms with E-state index in [1.807, 2.05) is 12.1 Å². The van der Waals surface area contributed by atoms with Crippen LogP contribution < -0.4 is 0 Å². The molecule has 0 aliphatic carbocycles. The third-order valence-corrected chi connectivity index (χ3v) is 3.86. The van der Waals surface area contributed by atoms with Gasteiger partial charge in [0.2, 0.25) is 0 Å². The lowest BCUT2D eigenvalue weighted by molar-refractivity contribution is 0.574. The van der Waals surface area contributed by atoms with Crippen molar-refractivity contribution in [2.24, 2.45) is 0 Å². The standard InChI is InChI=1S/C12H13BrClN/c1-12(2,3)9-6-7-4-5-8(14)10(13)11(7)15-9/h4-6,15H,1-3H3. The van der Waals surface area contributed by atoms with Crippen molar-refractivity contribution in [3.05, 3.63) is 33.4 Å². The third kappa shape index (κ3) is 1.93. The SMILES string of the molecule is CC(C)(C)c1cc2ccc(Cl)c(Br)c2[nH]1. The summed E-state index contributed by atoms with van der Waals surface area (Å²) in [5.41, 5.74) is 2.43. The molecular weight excluding hydrogens is 273 g/mol. The summed E-state index contributed by atoms with van der Waals surface area (Å²) in [5, 5.41) is 1.93. The lowest BCUT2D eigenvalue weighted by atomic mass is 9.92. The topological polar surface area (TPSA) is 15.8 Å². The molecule has 0 unspecified atom stereocenters. The molecular formula is C12H13BrClN. The molecule has 0 amide bonds. The van der Waals surface area contributed by atoms with Crippen LogP contribution in [0.2, 0.25) is 5.02 Å². The molecule has 0 spiro atoms. The highest BCUT2D eigenvalue weighted by Gasteiger charge is 2.17. The van der Waals surface area contributed by atoms with Crippen LogP contribution in [0.3, 0.4) is 0 Å². The number of aromatic amines is 1. The van der Waals surface area contributed by atoms with E-state index < -0.39 is 0 Å². The first-order valence-corrected chi connectivity index (χ1v) is 6.04. The summed E-state index contributed by atoms with van der Waals surface area (Å²) >= 11 is 9.54. The number of hydrogen-bond acceptors (Lipinski definition) is 0. The highest BCUT2D eigenvalue weighted by Crippen LogP contribution is 2.33. The molecule has 2 rings (SSSR count). The second-order valence-corrected chi connectivity index (χ2v) is 5.96. The van der Waals surface area contributed by atoms with Crippen LogP contribution >= 0.6 is 27.5 Å². The van der Waals surface area contributed by atoms with Crippen LogP contribution in [0.4, 0.5) is 0 Å². The van der Waals surface area contributed by atoms with E-state index in [0.29, 0.717) is 0 Å². The van der Waals surface area contributed by atoms with Gasteiger partial charge in [-0.05, 0) is 28.1 Å². The number of aromatic nitrogens is 1. The molecule has 0 aliphatic heterocycles. The predicted octanol–water partition coefficient (Wildman–Crippen LogP) is 4.88. The number of rotatable bonds is 0. The maximum absolute atomic E-state index is 6.04. The van der Waals surface area contributed by atoms with Gasteiger partial charge in [0.15, 0.2) is 0 Å². The molecule has 1 aromatic carbocycles. The van der Waals surface area contributed by atoms with Crippen LogP contribution in [0, 0.1) is 0 Å². The van der Waals surface area contributed by atoms with Crippen LogP contribution in [0.5, 0.6) is 0 Å². The number of fused-ring (bicyclic) bond motifs is 1. The summed E-state index contributed by atoms with van der Waals surface area (Å²) in [6.07, 6.45) is 0. The van der Waals surface area contributed by atoms with Gasteiger partial charge in [-0.25, -0.2) is 0 Å². The zero-order chi connectivity index (χ0) is 11.2. The number of halogens is 2. The van der Waals surface area contributed by atoms with Crippen molar-refractivity contribution in [3.8, 4) is 0 Å². The van der Waals surface area contributed by atoms with Gasteiger partial charge in [-0.3, -0.25) is 0 Å². The fourth-order valence-electron chi connectivity index (χ4n) is 1.54. The van der Waals surface area contributed by atoms with E-state index in [9.17, 15) is 0 Å². The minimum Gasteiger partial charge on any atom is -0.357 e. The zero-order valence-electron chi connectivity index (χ0n) is 8.99. The minimum atomic E-state index is 0.130. The van der Waals surface area contributed by atoms with Crippen molar-refractivity contribution < 1.29 is 0 Å². The van der Waals surface area contributed by atoms with E-state index in [2.05, 4.69) is 47.8 Å². The number of hydrogen-bond donors (Lipinski definition) is 1. The van der Waals surface area contributed by atoms with Gasteiger partial charge >= 0.3 is 0 Å². The Morgan fingerprint density at radius 2 is 1.93 bits per heavy atom. The Balaban J connectivity index is 2.72. The fourth-order valence-corrected chi connectivity index (χ4v) is 2.16. The van der Waals surface area contributed by atoms with Gasteiger partial charge in [0.25, 0.3) is 0 Å². The normalized spacial score (nSPS) is 12.3. The number of H-pyrrole nitrogens is 1. The van der Waals surface area contributed by atoms with Gasteiger partial charge < -0.3 is 4.98 Å². The van der Waals surface area contributed by atoms with Crippen LogP contribution in [-0.4, -0.2) is 4.98 Å². The third-order valence-electron chi connectivity index (χ3n) is 2.49. The largest absolute Gasteiger partial charge is 0.357 e. The molecule has 15 heavy (non-hydrogen) atoms. The summed E-state index contributed by atoms with van der Waals surface area (Å²) in [6, 6.07) is 6.12. The first-order chi connectivity index (χ1) is 6.89. The predicted molar refractivity (Wildman–Crippen MR) is 69.7 cm³/mol. The molecule has 0 atom stereocenters. The van der Waals surface area contributed by atoms with E-state index in [1.165, 1.54) is 11.1 Å². The fraction of sp³-hybridized carbons (Fsp3) is 0.333. The summed E-state index contributed by atoms with van der Waals surface area (Å²) < 4.78 is 0.942. The maximum atomic E-state index is 6.04. The Bertz CT molecular complexity index is 508. The van der Waals surface area contributed by atoms with E-state index in [1.54, 1.807) is 0 Å². The Morgan fingerprint density at radius 3 is 2.53 bits per heavy atom. The molecule has 0 aliphatic rings. The summed E-state index contributed by atoms with van der Waals surface area (Å²) in [4.78, 5) is 3.41. The van der Waals surface area contributed by atoms with Gasteiger partial charge in [0.1, 0.15) is 0 Å². The van der Waals surface area contributed by atoms with Gasteiger partial charge in [-0.15, -0.1) is 0 Å². The van der Waals surface area contributed by atoms with Gasteiger partial charge in [-0.1, -0.05) is 38.4 Å². The molecule has 1 aromatic heterocycles. The second-order valence-electron chi connectivity index (χ2n) is 4.76. The van der Waals surface area contributed by atoms with Crippen molar-refractivity contribution in [1.82, 2.24) is 4.98 Å². The number of nitrogens with one attached hydrogen (secondary N) is 1. The van der Waals surface area contributed by atoms with E-state index in [0.717, 1.165) is 15.0 Å². The molecule has 0 saturated carbocycles. The van der Waals surface area contributed by atoms with Crippen LogP contribution in [0.15, 0.2) is 22.7 Å². The van der Waals surface area contributed by atoms with Crippen molar-refractivity contribution in [1.29, 1.82) is 0 Å². The Morgan fingerprint density at radius 1 is 1.27 bits per heavy atom. The van der Waals surface area contributed by atoms with Crippen molar-refractivity contribution in [3.63, 3.8) is 0 Å². The molecule has 0 fully saturated rings. The van der Waals surface area contributed by atoms with Crippen LogP contribution in [-0.2, 0) is 5.41 Å². The van der Waals surface area contributed by atoms with E-state index in [4.69, 9.17) is 11.6 Å². The lowest BCUT2D eigenvalue weighted by Gasteiger charge is -2.15. The Kier molecular flexibility index (Phi) is 2.60. The quantitative estimate of drug-likeness (QED) is 0.710. The lowest BCUT2D eigenvalue weighted by Crippen LogP contribution is -2.10. The molecule has 1 nitrogen and oxygen atoms in total. The van der Waals surface area contributed by atoms with E-state index >= 15 is 0 Å². The Hall–Kier alpha value is -0.470. The molecule has 2 aromatic rings. The first kappa shape index (κ1) is 11.0. The molecule has 3 heteroatoms. The number of benzene rings is 1. The first-order valence-electron chi connectivity index (χ1n) is 4.87. The molecule has 1 N–H and O–H groups in total. The zero-order valence-corrected chi connectivity index (χ0v) is 11.3. The maximum Gasteiger partial charge on any atom is 0.0615 e. The Labute approximate surface area is 103 Å². The second kappa shape index (κ2) is 3.53. The molecule has 0 radical (unpaired) electrons. The smallest absolute Gasteiger partial charge is 0.0615 e. The monoisotopic (exact) mass is 285 g/mol. The molecule has 0 bridgehead atoms. The average molecular weight is 287 g/mol. The highest BCUT2D eigenvalue weighted by molar-refractivity contribution is 9.10. The van der Waals surface area contributed by atoms with Gasteiger partial charge in [0.05, 0.1) is 15.0 Å². The summed E-state index contributed by atoms with van der Waals surface area (Å²) in [7, 11) is 0. The van der Waals surface area contributed by atoms with Gasteiger partial charge in [-0.2, -0.15) is 0 Å². The van der Waals surface area contributed by atoms with Crippen LogP contribution in [0.1, 0.15) is 26.5 Å². The van der Waals surface area contributed by atoms with Crippen molar-refractivity contribution >= 4 is 38.4 Å². The van der Waals surface area contributed by atoms with Crippen molar-refractivity contribution in [2.45, 2.75) is 26.2 Å². The van der Waals surface area contributed by atoms with Crippen LogP contribution in [0.25, 0.3) is 10.9 Å². The molecule has 1 heterocycles. The van der Waals surface area contributed by atoms with Gasteiger partial charge in [0, 0.05) is 16.5 Å². The highest BCUT2D eigenvalue weighted by atomic mass is 79.9. The van der Waals surface area contributed by atoms with E-state index in [-0.39, 0.29) is 5.41 Å². The minimum absolute atomic E-state index is 0.130.